The van der Waals surface area contributed by atoms with E-state index in [0.717, 1.165) is 0 Å². The van der Waals surface area contributed by atoms with Crippen molar-refractivity contribution in [2.45, 2.75) is 13.0 Å². The molecule has 0 saturated carbocycles. The van der Waals surface area contributed by atoms with Crippen molar-refractivity contribution in [2.75, 3.05) is 5.32 Å². The van der Waals surface area contributed by atoms with Crippen LogP contribution >= 0.6 is 0 Å². The van der Waals surface area contributed by atoms with Crippen LogP contribution < -0.4 is 10.8 Å². The highest BCUT2D eigenvalue weighted by atomic mass is 16.4. The Kier molecular flexibility index (Phi) is 3.71. The first kappa shape index (κ1) is 11.5. The largest absolute Gasteiger partial charge is 0.488 e. The molecule has 6 heteroatoms. The third kappa shape index (κ3) is 3.27. The topological polar surface area (TPSA) is 89.8 Å². The summed E-state index contributed by atoms with van der Waals surface area (Å²) >= 11 is 0. The van der Waals surface area contributed by atoms with Crippen LogP contribution in [-0.4, -0.2) is 34.3 Å². The molecule has 1 aromatic rings. The first-order chi connectivity index (χ1) is 7.00. The van der Waals surface area contributed by atoms with Gasteiger partial charge in [0.05, 0.1) is 0 Å². The molecule has 80 valence electrons. The van der Waals surface area contributed by atoms with Crippen molar-refractivity contribution in [3.05, 3.63) is 24.3 Å². The van der Waals surface area contributed by atoms with Gasteiger partial charge in [-0.1, -0.05) is 12.1 Å². The van der Waals surface area contributed by atoms with E-state index < -0.39 is 19.1 Å². The van der Waals surface area contributed by atoms with Gasteiger partial charge in [0, 0.05) is 5.69 Å². The Bertz CT molecular complexity index is 356. The van der Waals surface area contributed by atoms with Gasteiger partial charge in [0.15, 0.2) is 0 Å². The predicted octanol–water partition coefficient (Wildman–Crippen LogP) is -0.749. The van der Waals surface area contributed by atoms with E-state index >= 15 is 0 Å². The van der Waals surface area contributed by atoms with E-state index in [1.165, 1.54) is 13.0 Å². The molecule has 1 rings (SSSR count). The van der Waals surface area contributed by atoms with E-state index in [1.54, 1.807) is 18.2 Å². The second kappa shape index (κ2) is 4.81. The smallest absolute Gasteiger partial charge is 0.480 e. The molecule has 1 aromatic carbocycles. The van der Waals surface area contributed by atoms with E-state index in [4.69, 9.17) is 15.2 Å². The Hall–Kier alpha value is -1.53. The fourth-order valence-electron chi connectivity index (χ4n) is 1.10. The van der Waals surface area contributed by atoms with Crippen molar-refractivity contribution in [1.82, 2.24) is 0 Å². The van der Waals surface area contributed by atoms with Crippen LogP contribution in [0, 0.1) is 0 Å². The Balaban J connectivity index is 2.78. The fourth-order valence-corrected chi connectivity index (χ4v) is 1.10. The third-order valence-electron chi connectivity index (χ3n) is 1.94. The molecule has 0 aliphatic carbocycles. The van der Waals surface area contributed by atoms with Gasteiger partial charge in [-0.2, -0.15) is 0 Å². The molecule has 1 unspecified atom stereocenters. The standard InChI is InChI=1S/C9H12BNO4/c1-6(9(12)13)11-8-4-2-3-7(5-8)10(14)15/h2-6,11,14-15H,1H3,(H,12,13). The molecule has 1 atom stereocenters. The highest BCUT2D eigenvalue weighted by molar-refractivity contribution is 6.58. The minimum absolute atomic E-state index is 0.317. The van der Waals surface area contributed by atoms with Crippen LogP contribution in [-0.2, 0) is 4.79 Å². The maximum absolute atomic E-state index is 10.6. The van der Waals surface area contributed by atoms with Crippen LogP contribution in [0.5, 0.6) is 0 Å². The van der Waals surface area contributed by atoms with E-state index in [2.05, 4.69) is 5.32 Å². The average Bonchev–Trinajstić information content (AvgIpc) is 2.18. The zero-order valence-electron chi connectivity index (χ0n) is 8.21. The number of carboxylic acids is 1. The van der Waals surface area contributed by atoms with Crippen LogP contribution in [0.4, 0.5) is 5.69 Å². The number of carboxylic acid groups (broad SMARTS) is 1. The van der Waals surface area contributed by atoms with Crippen LogP contribution in [0.25, 0.3) is 0 Å². The molecule has 0 bridgehead atoms. The fraction of sp³-hybridized carbons (Fsp3) is 0.222. The van der Waals surface area contributed by atoms with Crippen molar-refractivity contribution in [3.63, 3.8) is 0 Å². The molecule has 0 fully saturated rings. The van der Waals surface area contributed by atoms with Crippen LogP contribution in [0.1, 0.15) is 6.92 Å². The second-order valence-electron chi connectivity index (χ2n) is 3.20. The molecule has 0 aliphatic heterocycles. The summed E-state index contributed by atoms with van der Waals surface area (Å²) in [6.07, 6.45) is 0. The summed E-state index contributed by atoms with van der Waals surface area (Å²) in [4.78, 5) is 10.6. The Morgan fingerprint density at radius 1 is 1.47 bits per heavy atom. The van der Waals surface area contributed by atoms with Gasteiger partial charge in [0.2, 0.25) is 0 Å². The first-order valence-corrected chi connectivity index (χ1v) is 4.46. The molecule has 0 aliphatic rings. The summed E-state index contributed by atoms with van der Waals surface area (Å²) in [7, 11) is -1.55. The highest BCUT2D eigenvalue weighted by Crippen LogP contribution is 2.06. The molecule has 15 heavy (non-hydrogen) atoms. The minimum Gasteiger partial charge on any atom is -0.480 e. The third-order valence-corrected chi connectivity index (χ3v) is 1.94. The van der Waals surface area contributed by atoms with E-state index in [9.17, 15) is 4.79 Å². The van der Waals surface area contributed by atoms with Crippen molar-refractivity contribution < 1.29 is 19.9 Å². The Morgan fingerprint density at radius 3 is 2.67 bits per heavy atom. The minimum atomic E-state index is -1.55. The van der Waals surface area contributed by atoms with Gasteiger partial charge in [-0.05, 0) is 24.5 Å². The molecule has 0 amide bonds. The zero-order valence-corrected chi connectivity index (χ0v) is 8.21. The summed E-state index contributed by atoms with van der Waals surface area (Å²) in [5.74, 6) is -0.968. The lowest BCUT2D eigenvalue weighted by atomic mass is 9.80. The second-order valence-corrected chi connectivity index (χ2v) is 3.20. The van der Waals surface area contributed by atoms with Crippen LogP contribution in [0.15, 0.2) is 24.3 Å². The number of benzene rings is 1. The number of rotatable bonds is 4. The van der Waals surface area contributed by atoms with Crippen LogP contribution in [0.2, 0.25) is 0 Å². The lowest BCUT2D eigenvalue weighted by Gasteiger charge is -2.11. The zero-order chi connectivity index (χ0) is 11.4. The lowest BCUT2D eigenvalue weighted by Crippen LogP contribution is -2.31. The van der Waals surface area contributed by atoms with Crippen molar-refractivity contribution in [1.29, 1.82) is 0 Å². The van der Waals surface area contributed by atoms with Gasteiger partial charge >= 0.3 is 13.1 Å². The van der Waals surface area contributed by atoms with E-state index in [-0.39, 0.29) is 0 Å². The molecule has 0 saturated heterocycles. The van der Waals surface area contributed by atoms with Crippen molar-refractivity contribution >= 4 is 24.2 Å². The molecular formula is C9H12BNO4. The summed E-state index contributed by atoms with van der Waals surface area (Å²) < 4.78 is 0. The number of carbonyl (C=O) groups is 1. The van der Waals surface area contributed by atoms with Gasteiger partial charge in [0.25, 0.3) is 0 Å². The van der Waals surface area contributed by atoms with Gasteiger partial charge in [-0.15, -0.1) is 0 Å². The highest BCUT2D eigenvalue weighted by Gasteiger charge is 2.13. The van der Waals surface area contributed by atoms with Gasteiger partial charge in [-0.25, -0.2) is 0 Å². The molecule has 0 heterocycles. The number of hydrogen-bond acceptors (Lipinski definition) is 4. The predicted molar refractivity (Wildman–Crippen MR) is 57.0 cm³/mol. The van der Waals surface area contributed by atoms with Crippen LogP contribution in [0.3, 0.4) is 0 Å². The Labute approximate surface area is 87.5 Å². The summed E-state index contributed by atoms with van der Waals surface area (Å²) in [6, 6.07) is 5.58. The number of aliphatic carboxylic acids is 1. The summed E-state index contributed by atoms with van der Waals surface area (Å²) in [5.41, 5.74) is 0.855. The van der Waals surface area contributed by atoms with Crippen molar-refractivity contribution in [3.8, 4) is 0 Å². The SMILES string of the molecule is CC(Nc1cccc(B(O)O)c1)C(=O)O. The maximum Gasteiger partial charge on any atom is 0.488 e. The first-order valence-electron chi connectivity index (χ1n) is 4.46. The quantitative estimate of drug-likeness (QED) is 0.490. The monoisotopic (exact) mass is 209 g/mol. The molecule has 0 spiro atoms. The average molecular weight is 209 g/mol. The Morgan fingerprint density at radius 2 is 2.13 bits per heavy atom. The van der Waals surface area contributed by atoms with Crippen molar-refractivity contribution in [2.24, 2.45) is 0 Å². The number of nitrogens with one attached hydrogen (secondary N) is 1. The number of anilines is 1. The summed E-state index contributed by atoms with van der Waals surface area (Å²) in [6.45, 7) is 1.50. The van der Waals surface area contributed by atoms with Gasteiger partial charge in [-0.3, -0.25) is 4.79 Å². The van der Waals surface area contributed by atoms with E-state index in [0.29, 0.717) is 11.2 Å². The molecule has 5 nitrogen and oxygen atoms in total. The normalized spacial score (nSPS) is 11.9. The maximum atomic E-state index is 10.6. The van der Waals surface area contributed by atoms with Gasteiger partial charge in [0.1, 0.15) is 6.04 Å². The van der Waals surface area contributed by atoms with Gasteiger partial charge < -0.3 is 20.5 Å². The lowest BCUT2D eigenvalue weighted by molar-refractivity contribution is -0.137. The van der Waals surface area contributed by atoms with E-state index in [1.807, 2.05) is 0 Å². The molecule has 0 radical (unpaired) electrons. The molecule has 4 N–H and O–H groups in total. The number of hydrogen-bond donors (Lipinski definition) is 4. The molecule has 0 aromatic heterocycles. The summed E-state index contributed by atoms with van der Waals surface area (Å²) in [5, 5.41) is 29.2. The molecular weight excluding hydrogens is 197 g/mol.